The molecular formula is C18H13ClN2O5. The normalized spacial score (nSPS) is 14.9. The van der Waals surface area contributed by atoms with Crippen molar-refractivity contribution in [2.24, 2.45) is 4.99 Å². The fourth-order valence-corrected chi connectivity index (χ4v) is 2.56. The van der Waals surface area contributed by atoms with E-state index in [-0.39, 0.29) is 22.3 Å². The first-order chi connectivity index (χ1) is 12.5. The number of carbonyl (C=O) groups excluding carboxylic acids is 1. The molecule has 0 amide bonds. The average molecular weight is 373 g/mol. The van der Waals surface area contributed by atoms with Gasteiger partial charge in [0.15, 0.2) is 5.70 Å². The van der Waals surface area contributed by atoms with E-state index in [1.54, 1.807) is 30.3 Å². The van der Waals surface area contributed by atoms with E-state index in [4.69, 9.17) is 21.1 Å². The lowest BCUT2D eigenvalue weighted by Crippen LogP contribution is -2.06. The van der Waals surface area contributed by atoms with Gasteiger partial charge in [-0.15, -0.1) is 0 Å². The maximum Gasteiger partial charge on any atom is 0.363 e. The molecular weight excluding hydrogens is 360 g/mol. The topological polar surface area (TPSA) is 91.0 Å². The highest BCUT2D eigenvalue weighted by molar-refractivity contribution is 6.34. The lowest BCUT2D eigenvalue weighted by atomic mass is 10.2. The molecule has 0 atom stereocenters. The molecule has 0 radical (unpaired) electrons. The van der Waals surface area contributed by atoms with Gasteiger partial charge in [-0.05, 0) is 36.8 Å². The number of rotatable bonds is 5. The van der Waals surface area contributed by atoms with Crippen LogP contribution in [-0.2, 0) is 9.53 Å². The molecule has 0 spiro atoms. The number of non-ortho nitro benzene ring substituents is 1. The predicted molar refractivity (Wildman–Crippen MR) is 96.3 cm³/mol. The van der Waals surface area contributed by atoms with Crippen LogP contribution in [0.5, 0.6) is 5.75 Å². The number of hydrogen-bond acceptors (Lipinski definition) is 6. The molecule has 26 heavy (non-hydrogen) atoms. The summed E-state index contributed by atoms with van der Waals surface area (Å²) in [5.41, 5.74) is 1.01. The van der Waals surface area contributed by atoms with Gasteiger partial charge in [-0.1, -0.05) is 23.7 Å². The van der Waals surface area contributed by atoms with Gasteiger partial charge in [0.1, 0.15) is 5.75 Å². The molecule has 2 aromatic carbocycles. The van der Waals surface area contributed by atoms with Crippen LogP contribution in [-0.4, -0.2) is 23.4 Å². The first kappa shape index (κ1) is 17.6. The van der Waals surface area contributed by atoms with Crippen molar-refractivity contribution >= 4 is 35.2 Å². The van der Waals surface area contributed by atoms with E-state index >= 15 is 0 Å². The highest BCUT2D eigenvalue weighted by atomic mass is 35.5. The Kier molecular flexibility index (Phi) is 4.99. The number of nitrogens with zero attached hydrogens (tertiary/aromatic N) is 2. The lowest BCUT2D eigenvalue weighted by Gasteiger charge is -2.02. The van der Waals surface area contributed by atoms with Gasteiger partial charge in [-0.2, -0.15) is 0 Å². The van der Waals surface area contributed by atoms with E-state index in [1.807, 2.05) is 6.92 Å². The van der Waals surface area contributed by atoms with Crippen molar-refractivity contribution < 1.29 is 19.2 Å². The Bertz CT molecular complexity index is 935. The third-order valence-electron chi connectivity index (χ3n) is 3.51. The van der Waals surface area contributed by atoms with E-state index in [0.717, 1.165) is 11.3 Å². The smallest absolute Gasteiger partial charge is 0.363 e. The number of cyclic esters (lactones) is 1. The number of nitro groups is 1. The van der Waals surface area contributed by atoms with Crippen molar-refractivity contribution in [3.05, 3.63) is 74.4 Å². The Morgan fingerprint density at radius 2 is 2.00 bits per heavy atom. The number of carbonyl (C=O) groups is 1. The number of nitro benzene ring substituents is 1. The summed E-state index contributed by atoms with van der Waals surface area (Å²) in [7, 11) is 0. The van der Waals surface area contributed by atoms with Gasteiger partial charge in [0.25, 0.3) is 5.69 Å². The van der Waals surface area contributed by atoms with Crippen molar-refractivity contribution in [3.63, 3.8) is 0 Å². The largest absolute Gasteiger partial charge is 0.494 e. The Morgan fingerprint density at radius 1 is 1.27 bits per heavy atom. The standard InChI is InChI=1S/C18H13ClN2O5/c1-2-25-13-6-3-11(4-7-13)9-16-18(22)26-17(20-16)14-8-5-12(21(23)24)10-15(14)19/h3-10H,2H2,1H3/b16-9-. The molecule has 0 N–H and O–H groups in total. The average Bonchev–Trinajstić information content (AvgIpc) is 2.97. The quantitative estimate of drug-likeness (QED) is 0.342. The lowest BCUT2D eigenvalue weighted by molar-refractivity contribution is -0.384. The highest BCUT2D eigenvalue weighted by Gasteiger charge is 2.26. The summed E-state index contributed by atoms with van der Waals surface area (Å²) in [6, 6.07) is 11.0. The Balaban J connectivity index is 1.88. The van der Waals surface area contributed by atoms with Crippen molar-refractivity contribution in [3.8, 4) is 5.75 Å². The molecule has 1 aliphatic heterocycles. The van der Waals surface area contributed by atoms with Crippen LogP contribution in [0.4, 0.5) is 5.69 Å². The van der Waals surface area contributed by atoms with Crippen LogP contribution in [0.2, 0.25) is 5.02 Å². The Labute approximate surface area is 153 Å². The van der Waals surface area contributed by atoms with Crippen molar-refractivity contribution in [1.82, 2.24) is 0 Å². The number of benzene rings is 2. The SMILES string of the molecule is CCOc1ccc(/C=C2\N=C(c3ccc([N+](=O)[O-])cc3Cl)OC2=O)cc1. The fraction of sp³-hybridized carbons (Fsp3) is 0.111. The summed E-state index contributed by atoms with van der Waals surface area (Å²) in [4.78, 5) is 26.4. The molecule has 0 saturated carbocycles. The van der Waals surface area contributed by atoms with Gasteiger partial charge in [-0.3, -0.25) is 10.1 Å². The summed E-state index contributed by atoms with van der Waals surface area (Å²) >= 11 is 6.05. The highest BCUT2D eigenvalue weighted by Crippen LogP contribution is 2.27. The van der Waals surface area contributed by atoms with Crippen molar-refractivity contribution in [1.29, 1.82) is 0 Å². The van der Waals surface area contributed by atoms with Gasteiger partial charge in [0.05, 0.1) is 22.1 Å². The van der Waals surface area contributed by atoms with Gasteiger partial charge in [0.2, 0.25) is 5.90 Å². The van der Waals surface area contributed by atoms with E-state index in [9.17, 15) is 14.9 Å². The third kappa shape index (κ3) is 3.73. The molecule has 0 aromatic heterocycles. The zero-order chi connectivity index (χ0) is 18.7. The number of ether oxygens (including phenoxy) is 2. The number of hydrogen-bond donors (Lipinski definition) is 0. The molecule has 1 aliphatic rings. The van der Waals surface area contributed by atoms with Crippen LogP contribution >= 0.6 is 11.6 Å². The molecule has 0 aliphatic carbocycles. The summed E-state index contributed by atoms with van der Waals surface area (Å²) in [5, 5.41) is 10.8. The van der Waals surface area contributed by atoms with Gasteiger partial charge >= 0.3 is 5.97 Å². The van der Waals surface area contributed by atoms with Crippen molar-refractivity contribution in [2.75, 3.05) is 6.61 Å². The Hall–Kier alpha value is -3.19. The summed E-state index contributed by atoms with van der Waals surface area (Å²) in [6.45, 7) is 2.46. The number of aliphatic imine (C=N–C) groups is 1. The number of halogens is 1. The molecule has 0 fully saturated rings. The zero-order valence-electron chi connectivity index (χ0n) is 13.6. The van der Waals surface area contributed by atoms with E-state index in [1.165, 1.54) is 18.2 Å². The van der Waals surface area contributed by atoms with Crippen molar-refractivity contribution in [2.45, 2.75) is 6.92 Å². The molecule has 3 rings (SSSR count). The summed E-state index contributed by atoms with van der Waals surface area (Å²) in [5.74, 6) is 0.112. The Morgan fingerprint density at radius 3 is 2.62 bits per heavy atom. The second-order valence-electron chi connectivity index (χ2n) is 5.26. The van der Waals surface area contributed by atoms with E-state index < -0.39 is 10.9 Å². The maximum absolute atomic E-state index is 12.0. The molecule has 0 unspecified atom stereocenters. The maximum atomic E-state index is 12.0. The minimum absolute atomic E-state index is 0.00656. The first-order valence-electron chi connectivity index (χ1n) is 7.67. The number of esters is 1. The molecule has 7 nitrogen and oxygen atoms in total. The minimum Gasteiger partial charge on any atom is -0.494 e. The predicted octanol–water partition coefficient (Wildman–Crippen LogP) is 3.99. The first-order valence-corrected chi connectivity index (χ1v) is 8.05. The molecule has 132 valence electrons. The van der Waals surface area contributed by atoms with Gasteiger partial charge < -0.3 is 9.47 Å². The monoisotopic (exact) mass is 372 g/mol. The zero-order valence-corrected chi connectivity index (χ0v) is 14.4. The summed E-state index contributed by atoms with van der Waals surface area (Å²) < 4.78 is 10.5. The minimum atomic E-state index is -0.622. The van der Waals surface area contributed by atoms with E-state index in [2.05, 4.69) is 4.99 Å². The second kappa shape index (κ2) is 7.37. The van der Waals surface area contributed by atoms with Crippen LogP contribution in [0.3, 0.4) is 0 Å². The van der Waals surface area contributed by atoms with Crippen LogP contribution in [0.1, 0.15) is 18.1 Å². The molecule has 2 aromatic rings. The third-order valence-corrected chi connectivity index (χ3v) is 3.82. The second-order valence-corrected chi connectivity index (χ2v) is 5.67. The van der Waals surface area contributed by atoms with Gasteiger partial charge in [0, 0.05) is 12.1 Å². The van der Waals surface area contributed by atoms with Crippen LogP contribution in [0.25, 0.3) is 6.08 Å². The molecule has 8 heteroatoms. The van der Waals surface area contributed by atoms with E-state index in [0.29, 0.717) is 12.2 Å². The van der Waals surface area contributed by atoms with Gasteiger partial charge in [-0.25, -0.2) is 9.79 Å². The fourth-order valence-electron chi connectivity index (χ4n) is 2.30. The van der Waals surface area contributed by atoms with Crippen LogP contribution < -0.4 is 4.74 Å². The summed E-state index contributed by atoms with van der Waals surface area (Å²) in [6.07, 6.45) is 1.57. The molecule has 0 saturated heterocycles. The van der Waals surface area contributed by atoms with Crippen LogP contribution in [0.15, 0.2) is 53.2 Å². The van der Waals surface area contributed by atoms with Crippen LogP contribution in [0, 0.1) is 10.1 Å². The molecule has 0 bridgehead atoms. The molecule has 1 heterocycles.